The van der Waals surface area contributed by atoms with Crippen molar-refractivity contribution in [3.05, 3.63) is 36.7 Å². The number of halogens is 1. The molecule has 0 spiro atoms. The maximum atomic E-state index is 11.1. The van der Waals surface area contributed by atoms with E-state index in [4.69, 9.17) is 18.6 Å². The molecular weight excluding hydrogens is 404 g/mol. The van der Waals surface area contributed by atoms with Crippen LogP contribution >= 0.6 is 0 Å². The van der Waals surface area contributed by atoms with E-state index < -0.39 is 10.2 Å². The Kier molecular flexibility index (Phi) is 7.65. The Balaban J connectivity index is 0.000000537. The van der Waals surface area contributed by atoms with Gasteiger partial charge in [0.05, 0.1) is 26.5 Å². The molecule has 3 rings (SSSR count). The van der Waals surface area contributed by atoms with Crippen LogP contribution in [0.4, 0.5) is 17.3 Å². The monoisotopic (exact) mass is 426 g/mol. The highest BCUT2D eigenvalue weighted by atomic mass is 35.7. The van der Waals surface area contributed by atoms with Crippen molar-refractivity contribution in [1.29, 1.82) is 0 Å². The maximum absolute atomic E-state index is 11.1. The van der Waals surface area contributed by atoms with E-state index in [9.17, 15) is 4.79 Å². The molecule has 158 valence electrons. The quantitative estimate of drug-likeness (QED) is 0.411. The summed E-state index contributed by atoms with van der Waals surface area (Å²) in [6, 6.07) is 8.27. The number of hydrogen-bond acceptors (Lipinski definition) is 8. The summed E-state index contributed by atoms with van der Waals surface area (Å²) in [6.07, 6.45) is 4.86. The van der Waals surface area contributed by atoms with Crippen LogP contribution in [-0.4, -0.2) is 29.6 Å². The number of hydrogen-bond donors (Lipinski definition) is 1. The minimum absolute atomic E-state index is 0.0337. The fourth-order valence-electron chi connectivity index (χ4n) is 2.96. The van der Waals surface area contributed by atoms with Gasteiger partial charge in [-0.1, -0.05) is 5.11 Å². The molecule has 0 aliphatic carbocycles. The summed E-state index contributed by atoms with van der Waals surface area (Å²) in [5, 5.41) is 11.6. The van der Waals surface area contributed by atoms with Gasteiger partial charge in [-0.15, -0.1) is 10.2 Å². The second-order valence-electron chi connectivity index (χ2n) is 6.55. The number of aryl methyl sites for hydroxylation is 2. The van der Waals surface area contributed by atoms with Crippen LogP contribution in [0.15, 0.2) is 46.9 Å². The minimum atomic E-state index is -4.94. The fraction of sp³-hybridized carbons (Fsp3) is 0.412. The zero-order valence-corrected chi connectivity index (χ0v) is 17.1. The lowest BCUT2D eigenvalue weighted by atomic mass is 10.2. The first-order valence-electron chi connectivity index (χ1n) is 8.69. The van der Waals surface area contributed by atoms with Crippen LogP contribution in [0.5, 0.6) is 0 Å². The highest BCUT2D eigenvalue weighted by molar-refractivity contribution is 5.73. The molecule has 2 aromatic rings. The summed E-state index contributed by atoms with van der Waals surface area (Å²) >= 11 is 0. The first-order chi connectivity index (χ1) is 13.5. The van der Waals surface area contributed by atoms with E-state index in [1.165, 1.54) is 0 Å². The van der Waals surface area contributed by atoms with Crippen molar-refractivity contribution in [2.24, 2.45) is 24.3 Å². The molecule has 1 aliphatic heterocycles. The van der Waals surface area contributed by atoms with Crippen LogP contribution in [0.3, 0.4) is 0 Å². The topological polar surface area (TPSA) is 158 Å². The van der Waals surface area contributed by atoms with E-state index in [0.29, 0.717) is 0 Å². The number of carbonyl (C=O) groups excluding carboxylic acids is 1. The molecule has 1 saturated heterocycles. The van der Waals surface area contributed by atoms with Crippen LogP contribution in [-0.2, 0) is 18.9 Å². The third-order valence-corrected chi connectivity index (χ3v) is 4.21. The number of aromatic nitrogens is 2. The predicted octanol–water partition coefficient (Wildman–Crippen LogP) is -2.78. The predicted molar refractivity (Wildman–Crippen MR) is 91.6 cm³/mol. The summed E-state index contributed by atoms with van der Waals surface area (Å²) in [4.78, 5) is 13.4. The van der Waals surface area contributed by atoms with Gasteiger partial charge in [0.2, 0.25) is 5.91 Å². The van der Waals surface area contributed by atoms with E-state index >= 15 is 0 Å². The first kappa shape index (κ1) is 22.7. The molecule has 11 nitrogen and oxygen atoms in total. The number of carbonyl (C=O) groups is 1. The summed E-state index contributed by atoms with van der Waals surface area (Å²) in [6.45, 7) is 3.36. The lowest BCUT2D eigenvalue weighted by Gasteiger charge is -2.18. The zero-order valence-electron chi connectivity index (χ0n) is 16.3. The molecule has 1 aromatic heterocycles. The van der Waals surface area contributed by atoms with Gasteiger partial charge in [0.25, 0.3) is 0 Å². The Morgan fingerprint density at radius 3 is 2.34 bits per heavy atom. The van der Waals surface area contributed by atoms with Crippen molar-refractivity contribution in [2.45, 2.75) is 19.4 Å². The standard InChI is InChI=1S/C17H22N6O.ClHO4/c1-13(24)18-15-8-9-23(12-15)16-6-4-14(5-7-16)19-20-17-21(2)10-11-22(17)3;2-1(3,4)5/h4-7,10-11,15H,8-9,12H2,1-3H3;(H,2,3,4,5). The van der Waals surface area contributed by atoms with Crippen molar-refractivity contribution in [3.8, 4) is 0 Å². The second kappa shape index (κ2) is 9.76. The Hall–Kier alpha value is -2.57. The minimum Gasteiger partial charge on any atom is -0.369 e. The molecule has 1 aromatic carbocycles. The summed E-state index contributed by atoms with van der Waals surface area (Å²) < 4.78 is 37.8. The molecule has 1 atom stereocenters. The average molecular weight is 427 g/mol. The fourth-order valence-corrected chi connectivity index (χ4v) is 2.96. The Morgan fingerprint density at radius 1 is 1.21 bits per heavy atom. The number of rotatable bonds is 4. The number of azo groups is 1. The molecule has 1 N–H and O–H groups in total. The number of nitrogens with one attached hydrogen (secondary N) is 1. The van der Waals surface area contributed by atoms with Crippen molar-refractivity contribution in [1.82, 2.24) is 9.88 Å². The average Bonchev–Trinajstić information content (AvgIpc) is 3.19. The maximum Gasteiger partial charge on any atom is 0.421 e. The number of anilines is 1. The molecule has 2 heterocycles. The van der Waals surface area contributed by atoms with Gasteiger partial charge in [0, 0.05) is 36.9 Å². The zero-order chi connectivity index (χ0) is 21.6. The van der Waals surface area contributed by atoms with E-state index in [0.717, 1.165) is 36.8 Å². The summed E-state index contributed by atoms with van der Waals surface area (Å²) in [7, 11) is -1.06. The highest BCUT2D eigenvalue weighted by Gasteiger charge is 2.23. The van der Waals surface area contributed by atoms with Crippen LogP contribution in [0.25, 0.3) is 0 Å². The van der Waals surface area contributed by atoms with Gasteiger partial charge in [-0.3, -0.25) is 4.79 Å². The third kappa shape index (κ3) is 7.75. The molecule has 1 aliphatic rings. The molecule has 12 heteroatoms. The molecule has 1 unspecified atom stereocenters. The van der Waals surface area contributed by atoms with Crippen LogP contribution < -0.4 is 33.4 Å². The lowest BCUT2D eigenvalue weighted by Crippen LogP contribution is -2.68. The number of nitrogens with zero attached hydrogens (tertiary/aromatic N) is 5. The number of benzene rings is 1. The molecule has 29 heavy (non-hydrogen) atoms. The van der Waals surface area contributed by atoms with Gasteiger partial charge in [0.1, 0.15) is 5.69 Å². The molecular formula is C17H23ClN6O5. The third-order valence-electron chi connectivity index (χ3n) is 4.21. The lowest BCUT2D eigenvalue weighted by molar-refractivity contribution is -2.00. The molecule has 1 fully saturated rings. The van der Waals surface area contributed by atoms with Crippen molar-refractivity contribution in [2.75, 3.05) is 18.0 Å². The van der Waals surface area contributed by atoms with Gasteiger partial charge in [0.15, 0.2) is 0 Å². The summed E-state index contributed by atoms with van der Waals surface area (Å²) in [5.41, 5.74) is 1.96. The van der Waals surface area contributed by atoms with Crippen LogP contribution in [0, 0.1) is 10.2 Å². The van der Waals surface area contributed by atoms with Crippen LogP contribution in [0.1, 0.15) is 13.3 Å². The van der Waals surface area contributed by atoms with Gasteiger partial charge >= 0.3 is 5.95 Å². The Labute approximate surface area is 170 Å². The number of amides is 1. The molecule has 0 radical (unpaired) electrons. The smallest absolute Gasteiger partial charge is 0.369 e. The van der Waals surface area contributed by atoms with Gasteiger partial charge in [-0.05, 0) is 30.7 Å². The normalized spacial score (nSPS) is 16.7. The van der Waals surface area contributed by atoms with Crippen LogP contribution in [0.2, 0.25) is 0 Å². The second-order valence-corrected chi connectivity index (χ2v) is 7.30. The van der Waals surface area contributed by atoms with Crippen molar-refractivity contribution in [3.63, 3.8) is 0 Å². The molecule has 0 saturated carbocycles. The van der Waals surface area contributed by atoms with E-state index in [1.807, 2.05) is 47.8 Å². The number of imidazole rings is 1. The van der Waals surface area contributed by atoms with Crippen molar-refractivity contribution >= 4 is 23.2 Å². The van der Waals surface area contributed by atoms with E-state index in [-0.39, 0.29) is 11.9 Å². The highest BCUT2D eigenvalue weighted by Crippen LogP contribution is 2.24. The first-order valence-corrected chi connectivity index (χ1v) is 9.93. The Morgan fingerprint density at radius 2 is 1.83 bits per heavy atom. The largest absolute Gasteiger partial charge is 0.421 e. The van der Waals surface area contributed by atoms with Crippen molar-refractivity contribution < 1.29 is 38.2 Å². The van der Waals surface area contributed by atoms with Gasteiger partial charge < -0.3 is 10.2 Å². The van der Waals surface area contributed by atoms with E-state index in [1.54, 1.807) is 6.92 Å². The molecule has 1 amide bonds. The van der Waals surface area contributed by atoms with E-state index in [2.05, 4.69) is 32.6 Å². The summed E-state index contributed by atoms with van der Waals surface area (Å²) in [5.74, 6) is 0.822. The van der Waals surface area contributed by atoms with Gasteiger partial charge in [-0.2, -0.15) is 0 Å². The Bertz CT molecular complexity index is 823. The molecule has 0 bridgehead atoms. The SMILES string of the molecule is CC(=O)NC1CCN(c2ccc(/N=N/c3n(C)cc[n+]3C)cc2)C1.[O-][Cl+3]([O-])([O-])[O-]. The van der Waals surface area contributed by atoms with Gasteiger partial charge in [-0.25, -0.2) is 27.8 Å².